The molecule has 0 spiro atoms. The zero-order valence-electron chi connectivity index (χ0n) is 10.00. The molecule has 0 amide bonds. The van der Waals surface area contributed by atoms with Gasteiger partial charge in [0.25, 0.3) is 0 Å². The van der Waals surface area contributed by atoms with Gasteiger partial charge in [-0.25, -0.2) is 14.4 Å². The Morgan fingerprint density at radius 2 is 2.12 bits per heavy atom. The summed E-state index contributed by atoms with van der Waals surface area (Å²) in [6, 6.07) is 0.133. The molecule has 1 aromatic rings. The van der Waals surface area contributed by atoms with E-state index in [9.17, 15) is 4.39 Å². The molecular formula is C11H19FN4. The molecule has 0 aliphatic rings. The minimum absolute atomic E-state index is 0.133. The van der Waals surface area contributed by atoms with E-state index >= 15 is 0 Å². The summed E-state index contributed by atoms with van der Waals surface area (Å²) in [4.78, 5) is 7.69. The third-order valence-electron chi connectivity index (χ3n) is 2.57. The van der Waals surface area contributed by atoms with Gasteiger partial charge in [0.2, 0.25) is 0 Å². The van der Waals surface area contributed by atoms with Crippen LogP contribution in [0.1, 0.15) is 26.0 Å². The number of halogens is 1. The van der Waals surface area contributed by atoms with Crippen molar-refractivity contribution in [1.82, 2.24) is 9.97 Å². The number of hydrogen-bond acceptors (Lipinski definition) is 4. The maximum atomic E-state index is 13.6. The van der Waals surface area contributed by atoms with E-state index in [2.05, 4.69) is 29.1 Å². The van der Waals surface area contributed by atoms with Gasteiger partial charge in [0.15, 0.2) is 11.6 Å². The Morgan fingerprint density at radius 1 is 1.44 bits per heavy atom. The molecule has 0 aliphatic heterocycles. The number of hydrogen-bond donors (Lipinski definition) is 2. The van der Waals surface area contributed by atoms with E-state index in [-0.39, 0.29) is 17.7 Å². The van der Waals surface area contributed by atoms with Gasteiger partial charge in [-0.2, -0.15) is 0 Å². The minimum atomic E-state index is -0.384. The van der Waals surface area contributed by atoms with E-state index in [0.29, 0.717) is 18.2 Å². The van der Waals surface area contributed by atoms with E-state index in [1.807, 2.05) is 0 Å². The minimum Gasteiger partial charge on any atom is -0.364 e. The lowest BCUT2D eigenvalue weighted by Gasteiger charge is -2.22. The molecule has 1 atom stereocenters. The van der Waals surface area contributed by atoms with Crippen molar-refractivity contribution < 1.29 is 4.39 Å². The molecule has 0 saturated carbocycles. The second kappa shape index (κ2) is 5.75. The summed E-state index contributed by atoms with van der Waals surface area (Å²) in [5, 5.41) is 3.08. The van der Waals surface area contributed by atoms with Crippen molar-refractivity contribution in [3.63, 3.8) is 0 Å². The monoisotopic (exact) mass is 226 g/mol. The molecule has 1 unspecified atom stereocenters. The summed E-state index contributed by atoms with van der Waals surface area (Å²) in [5.41, 5.74) is 5.88. The highest BCUT2D eigenvalue weighted by Crippen LogP contribution is 2.16. The lowest BCUT2D eigenvalue weighted by Crippen LogP contribution is -2.29. The number of nitrogens with two attached hydrogens (primary N) is 1. The first-order chi connectivity index (χ1) is 7.56. The second-order valence-corrected chi connectivity index (χ2v) is 4.19. The number of anilines is 1. The fourth-order valence-electron chi connectivity index (χ4n) is 1.49. The van der Waals surface area contributed by atoms with Crippen molar-refractivity contribution in [2.24, 2.45) is 11.7 Å². The van der Waals surface area contributed by atoms with E-state index in [1.165, 1.54) is 6.33 Å². The first kappa shape index (κ1) is 12.8. The molecule has 0 aliphatic carbocycles. The van der Waals surface area contributed by atoms with Crippen molar-refractivity contribution in [1.29, 1.82) is 0 Å². The van der Waals surface area contributed by atoms with E-state index in [4.69, 9.17) is 5.73 Å². The molecule has 4 nitrogen and oxygen atoms in total. The van der Waals surface area contributed by atoms with Gasteiger partial charge in [-0.3, -0.25) is 0 Å². The van der Waals surface area contributed by atoms with E-state index < -0.39 is 0 Å². The Balaban J connectivity index is 2.81. The molecule has 1 heterocycles. The van der Waals surface area contributed by atoms with E-state index in [0.717, 1.165) is 6.42 Å². The molecule has 0 radical (unpaired) electrons. The Kier molecular flexibility index (Phi) is 4.61. The predicted octanol–water partition coefficient (Wildman–Crippen LogP) is 1.71. The number of aromatic nitrogens is 2. The van der Waals surface area contributed by atoms with Gasteiger partial charge in [-0.15, -0.1) is 0 Å². The van der Waals surface area contributed by atoms with Crippen LogP contribution in [0.15, 0.2) is 6.33 Å². The van der Waals surface area contributed by atoms with Crippen LogP contribution >= 0.6 is 0 Å². The predicted molar refractivity (Wildman–Crippen MR) is 62.6 cm³/mol. The first-order valence-electron chi connectivity index (χ1n) is 5.50. The summed E-state index contributed by atoms with van der Waals surface area (Å²) in [7, 11) is 0. The molecular weight excluding hydrogens is 207 g/mol. The van der Waals surface area contributed by atoms with Gasteiger partial charge in [0.05, 0.1) is 5.69 Å². The fraction of sp³-hybridized carbons (Fsp3) is 0.636. The quantitative estimate of drug-likeness (QED) is 0.802. The van der Waals surface area contributed by atoms with Crippen LogP contribution < -0.4 is 11.1 Å². The van der Waals surface area contributed by atoms with Crippen molar-refractivity contribution in [2.75, 3.05) is 11.9 Å². The molecule has 0 bridgehead atoms. The third-order valence-corrected chi connectivity index (χ3v) is 2.57. The van der Waals surface area contributed by atoms with Crippen molar-refractivity contribution in [3.05, 3.63) is 17.8 Å². The number of aryl methyl sites for hydroxylation is 1. The summed E-state index contributed by atoms with van der Waals surface area (Å²) in [5.74, 6) is 0.253. The normalized spacial score (nSPS) is 12.9. The van der Waals surface area contributed by atoms with Crippen LogP contribution in [0.25, 0.3) is 0 Å². The van der Waals surface area contributed by atoms with Crippen LogP contribution in [0, 0.1) is 18.7 Å². The molecule has 0 fully saturated rings. The molecule has 90 valence electrons. The van der Waals surface area contributed by atoms with Crippen molar-refractivity contribution in [3.8, 4) is 0 Å². The zero-order valence-corrected chi connectivity index (χ0v) is 10.00. The smallest absolute Gasteiger partial charge is 0.186 e. The SMILES string of the molecule is Cc1ncnc(NC(CCN)C(C)C)c1F. The topological polar surface area (TPSA) is 63.8 Å². The Hall–Kier alpha value is -1.23. The average Bonchev–Trinajstić information content (AvgIpc) is 2.23. The van der Waals surface area contributed by atoms with Gasteiger partial charge < -0.3 is 11.1 Å². The second-order valence-electron chi connectivity index (χ2n) is 4.19. The largest absolute Gasteiger partial charge is 0.364 e. The van der Waals surface area contributed by atoms with Crippen LogP contribution in [0.3, 0.4) is 0 Å². The highest BCUT2D eigenvalue weighted by atomic mass is 19.1. The fourth-order valence-corrected chi connectivity index (χ4v) is 1.49. The molecule has 5 heteroatoms. The molecule has 0 aromatic carbocycles. The van der Waals surface area contributed by atoms with Crippen molar-refractivity contribution >= 4 is 5.82 Å². The number of nitrogens with zero attached hydrogens (tertiary/aromatic N) is 2. The number of rotatable bonds is 5. The van der Waals surface area contributed by atoms with Crippen LogP contribution in [0.5, 0.6) is 0 Å². The summed E-state index contributed by atoms with van der Waals surface area (Å²) in [6.45, 7) is 6.33. The van der Waals surface area contributed by atoms with Gasteiger partial charge in [-0.05, 0) is 25.8 Å². The highest BCUT2D eigenvalue weighted by Gasteiger charge is 2.16. The first-order valence-corrected chi connectivity index (χ1v) is 5.50. The Morgan fingerprint density at radius 3 is 2.69 bits per heavy atom. The molecule has 1 aromatic heterocycles. The molecule has 1 rings (SSSR count). The molecule has 16 heavy (non-hydrogen) atoms. The lowest BCUT2D eigenvalue weighted by molar-refractivity contribution is 0.491. The molecule has 3 N–H and O–H groups in total. The van der Waals surface area contributed by atoms with Crippen LogP contribution in [-0.2, 0) is 0 Å². The van der Waals surface area contributed by atoms with E-state index in [1.54, 1.807) is 6.92 Å². The standard InChI is InChI=1S/C11H19FN4/c1-7(2)9(4-5-13)16-11-10(12)8(3)14-6-15-11/h6-7,9H,4-5,13H2,1-3H3,(H,14,15,16). The Labute approximate surface area is 95.5 Å². The van der Waals surface area contributed by atoms with Crippen molar-refractivity contribution in [2.45, 2.75) is 33.2 Å². The maximum absolute atomic E-state index is 13.6. The zero-order chi connectivity index (χ0) is 12.1. The summed E-state index contributed by atoms with van der Waals surface area (Å²) >= 11 is 0. The summed E-state index contributed by atoms with van der Waals surface area (Å²) < 4.78 is 13.6. The maximum Gasteiger partial charge on any atom is 0.186 e. The van der Waals surface area contributed by atoms with Crippen LogP contribution in [0.2, 0.25) is 0 Å². The van der Waals surface area contributed by atoms with Crippen LogP contribution in [-0.4, -0.2) is 22.6 Å². The average molecular weight is 226 g/mol. The van der Waals surface area contributed by atoms with Gasteiger partial charge in [0, 0.05) is 6.04 Å². The highest BCUT2D eigenvalue weighted by molar-refractivity contribution is 5.38. The summed E-state index contributed by atoms with van der Waals surface area (Å²) in [6.07, 6.45) is 2.15. The van der Waals surface area contributed by atoms with Crippen LogP contribution in [0.4, 0.5) is 10.2 Å². The number of nitrogens with one attached hydrogen (secondary N) is 1. The molecule has 0 saturated heterocycles. The lowest BCUT2D eigenvalue weighted by atomic mass is 10.0. The van der Waals surface area contributed by atoms with Gasteiger partial charge in [0.1, 0.15) is 6.33 Å². The van der Waals surface area contributed by atoms with Gasteiger partial charge >= 0.3 is 0 Å². The Bertz CT molecular complexity index is 341. The third kappa shape index (κ3) is 3.13. The van der Waals surface area contributed by atoms with Gasteiger partial charge in [-0.1, -0.05) is 13.8 Å².